The van der Waals surface area contributed by atoms with Crippen LogP contribution in [0, 0.1) is 5.92 Å². The Kier molecular flexibility index (Phi) is 67.8. The third-order valence-electron chi connectivity index (χ3n) is 17.8. The van der Waals surface area contributed by atoms with E-state index in [0.717, 1.165) is 115 Å². The molecule has 0 fully saturated rings. The summed E-state index contributed by atoms with van der Waals surface area (Å²) in [6, 6.07) is 0. The third-order valence-corrected chi connectivity index (χ3v) is 19.7. The van der Waals surface area contributed by atoms with Crippen molar-refractivity contribution in [2.45, 2.75) is 400 Å². The van der Waals surface area contributed by atoms with Crippen LogP contribution in [0.5, 0.6) is 0 Å². The molecule has 0 aliphatic heterocycles. The lowest BCUT2D eigenvalue weighted by atomic mass is 9.99. The summed E-state index contributed by atoms with van der Waals surface area (Å²) < 4.78 is 68.5. The van der Waals surface area contributed by atoms with Gasteiger partial charge in [-0.3, -0.25) is 37.3 Å². The lowest BCUT2D eigenvalue weighted by Crippen LogP contribution is -2.30. The van der Waals surface area contributed by atoms with E-state index in [1.807, 2.05) is 0 Å². The van der Waals surface area contributed by atoms with E-state index in [1.54, 1.807) is 0 Å². The summed E-state index contributed by atoms with van der Waals surface area (Å²) in [6.07, 6.45) is 61.7. The molecule has 19 heteroatoms. The van der Waals surface area contributed by atoms with Crippen molar-refractivity contribution in [3.63, 3.8) is 0 Å². The number of hydrogen-bond acceptors (Lipinski definition) is 15. The van der Waals surface area contributed by atoms with Crippen LogP contribution in [-0.4, -0.2) is 96.7 Å². The van der Waals surface area contributed by atoms with E-state index in [2.05, 4.69) is 58.9 Å². The summed E-state index contributed by atoms with van der Waals surface area (Å²) in [7, 11) is -9.92. The number of carbonyl (C=O) groups is 4. The summed E-state index contributed by atoms with van der Waals surface area (Å²) in [5, 5.41) is 10.6. The first-order valence-corrected chi connectivity index (χ1v) is 42.5. The molecule has 0 radical (unpaired) electrons. The van der Waals surface area contributed by atoms with Gasteiger partial charge in [0.05, 0.1) is 26.4 Å². The molecule has 0 amide bonds. The SMILES string of the molecule is CCCCCC/C=C\C=C/CCCCCCCC(=O)OC[C@H](COP(=O)(O)OC[C@@H](O)COP(=O)(O)OC[C@@H](COC(=O)CCCCCCCCCCCCCC)OC(=O)CCCCCCCCCCC(C)CC)OC(=O)CCCCCCCCCCCCCCCCCCC. The zero-order valence-electron chi connectivity index (χ0n) is 62.0. The number of ether oxygens (including phenoxy) is 4. The molecule has 0 aromatic rings. The number of esters is 4. The number of unbranched alkanes of at least 4 members (excludes halogenated alkanes) is 43. The van der Waals surface area contributed by atoms with E-state index >= 15 is 0 Å². The summed E-state index contributed by atoms with van der Waals surface area (Å²) in [4.78, 5) is 72.8. The van der Waals surface area contributed by atoms with Gasteiger partial charge in [-0.05, 0) is 57.3 Å². The number of aliphatic hydroxyl groups is 1. The highest BCUT2D eigenvalue weighted by atomic mass is 31.2. The number of aliphatic hydroxyl groups excluding tert-OH is 1. The van der Waals surface area contributed by atoms with Crippen LogP contribution in [-0.2, 0) is 65.4 Å². The van der Waals surface area contributed by atoms with E-state index in [-0.39, 0.29) is 25.7 Å². The van der Waals surface area contributed by atoms with Gasteiger partial charge in [0.2, 0.25) is 0 Å². The molecule has 0 bridgehead atoms. The van der Waals surface area contributed by atoms with Gasteiger partial charge >= 0.3 is 39.5 Å². The van der Waals surface area contributed by atoms with Crippen molar-refractivity contribution >= 4 is 39.5 Å². The third kappa shape index (κ3) is 68.7. The highest BCUT2D eigenvalue weighted by Crippen LogP contribution is 2.45. The van der Waals surface area contributed by atoms with E-state index in [0.29, 0.717) is 25.7 Å². The maximum atomic E-state index is 13.1. The summed E-state index contributed by atoms with van der Waals surface area (Å²) >= 11 is 0. The molecule has 6 atom stereocenters. The number of carbonyl (C=O) groups excluding carboxylic acids is 4. The van der Waals surface area contributed by atoms with Gasteiger partial charge in [-0.2, -0.15) is 0 Å². The first-order chi connectivity index (χ1) is 46.6. The predicted octanol–water partition coefficient (Wildman–Crippen LogP) is 22.4. The highest BCUT2D eigenvalue weighted by Gasteiger charge is 2.30. The lowest BCUT2D eigenvalue weighted by molar-refractivity contribution is -0.161. The first-order valence-electron chi connectivity index (χ1n) is 39.5. The fraction of sp³-hybridized carbons (Fsp3) is 0.896. The molecule has 96 heavy (non-hydrogen) atoms. The monoisotopic (exact) mass is 1410 g/mol. The molecule has 0 aromatic heterocycles. The van der Waals surface area contributed by atoms with Crippen molar-refractivity contribution in [2.75, 3.05) is 39.6 Å². The van der Waals surface area contributed by atoms with Crippen molar-refractivity contribution in [3.05, 3.63) is 24.3 Å². The van der Waals surface area contributed by atoms with Crippen LogP contribution in [0.15, 0.2) is 24.3 Å². The van der Waals surface area contributed by atoms with Crippen LogP contribution in [0.1, 0.15) is 381 Å². The van der Waals surface area contributed by atoms with Gasteiger partial charge in [-0.1, -0.05) is 329 Å². The van der Waals surface area contributed by atoms with Crippen LogP contribution < -0.4 is 0 Å². The molecule has 3 unspecified atom stereocenters. The molecule has 0 spiro atoms. The van der Waals surface area contributed by atoms with Crippen molar-refractivity contribution in [1.82, 2.24) is 0 Å². The first kappa shape index (κ1) is 93.5. The minimum Gasteiger partial charge on any atom is -0.462 e. The normalized spacial score (nSPS) is 14.4. The van der Waals surface area contributed by atoms with E-state index in [1.165, 1.54) is 186 Å². The van der Waals surface area contributed by atoms with Gasteiger partial charge < -0.3 is 33.8 Å². The van der Waals surface area contributed by atoms with Gasteiger partial charge in [0.25, 0.3) is 0 Å². The van der Waals surface area contributed by atoms with Gasteiger partial charge in [0.1, 0.15) is 19.3 Å². The molecule has 0 aliphatic rings. The quantitative estimate of drug-likeness (QED) is 0.0169. The van der Waals surface area contributed by atoms with E-state index in [4.69, 9.17) is 37.0 Å². The Bertz CT molecular complexity index is 1940. The molecule has 17 nitrogen and oxygen atoms in total. The maximum Gasteiger partial charge on any atom is 0.472 e. The Morgan fingerprint density at radius 2 is 0.583 bits per heavy atom. The average molecular weight is 1410 g/mol. The second kappa shape index (κ2) is 69.6. The molecule has 0 saturated carbocycles. The van der Waals surface area contributed by atoms with Gasteiger partial charge in [-0.25, -0.2) is 9.13 Å². The Morgan fingerprint density at radius 1 is 0.333 bits per heavy atom. The Balaban J connectivity index is 5.29. The Hall–Kier alpha value is -2.46. The Labute approximate surface area is 586 Å². The van der Waals surface area contributed by atoms with Crippen molar-refractivity contribution < 1.29 is 80.2 Å². The highest BCUT2D eigenvalue weighted by molar-refractivity contribution is 7.47. The lowest BCUT2D eigenvalue weighted by Gasteiger charge is -2.21. The molecule has 566 valence electrons. The molecular weight excluding hydrogens is 1260 g/mol. The Morgan fingerprint density at radius 3 is 0.885 bits per heavy atom. The number of phosphoric ester groups is 2. The van der Waals surface area contributed by atoms with Crippen molar-refractivity contribution in [1.29, 1.82) is 0 Å². The number of allylic oxidation sites excluding steroid dienone is 4. The van der Waals surface area contributed by atoms with Crippen LogP contribution >= 0.6 is 15.6 Å². The predicted molar refractivity (Wildman–Crippen MR) is 391 cm³/mol. The molecule has 0 aliphatic carbocycles. The van der Waals surface area contributed by atoms with Crippen LogP contribution in [0.2, 0.25) is 0 Å². The van der Waals surface area contributed by atoms with Crippen LogP contribution in [0.25, 0.3) is 0 Å². The number of rotatable bonds is 75. The summed E-state index contributed by atoms with van der Waals surface area (Å²) in [6.45, 7) is 7.23. The summed E-state index contributed by atoms with van der Waals surface area (Å²) in [5.41, 5.74) is 0. The molecule has 0 rings (SSSR count). The molecular formula is C77H146O17P2. The molecule has 0 aromatic carbocycles. The van der Waals surface area contributed by atoms with E-state index in [9.17, 15) is 43.2 Å². The van der Waals surface area contributed by atoms with Gasteiger partial charge in [0.15, 0.2) is 12.2 Å². The topological polar surface area (TPSA) is 237 Å². The van der Waals surface area contributed by atoms with Gasteiger partial charge in [0, 0.05) is 25.7 Å². The zero-order valence-corrected chi connectivity index (χ0v) is 63.8. The number of hydrogen-bond donors (Lipinski definition) is 3. The standard InChI is InChI=1S/C77H146O17P2/c1-6-10-13-16-19-22-25-28-30-31-33-35-38-41-47-52-57-62-76(81)93-72(66-87-75(80)61-56-51-46-40-37-34-32-29-26-23-20-17-14-11-7-2)68-91-95(83,84)89-64-71(78)65-90-96(85,86)92-69-73(94-77(82)63-58-53-48-43-42-44-49-54-59-70(5)9-4)67-88-74(79)60-55-50-45-39-36-27-24-21-18-15-12-8-3/h23,26,29,32,70-73,78H,6-22,24-25,27-28,30-31,33-69H2,1-5H3,(H,83,84)(H,85,86)/b26-23-,32-29-/t70?,71-,72-,73-/m1/s1. The van der Waals surface area contributed by atoms with Crippen LogP contribution in [0.3, 0.4) is 0 Å². The van der Waals surface area contributed by atoms with E-state index < -0.39 is 97.5 Å². The molecule has 0 saturated heterocycles. The van der Waals surface area contributed by atoms with Gasteiger partial charge in [-0.15, -0.1) is 0 Å². The fourth-order valence-corrected chi connectivity index (χ4v) is 12.9. The second-order valence-electron chi connectivity index (χ2n) is 27.3. The minimum atomic E-state index is -4.96. The fourth-order valence-electron chi connectivity index (χ4n) is 11.3. The van der Waals surface area contributed by atoms with Crippen molar-refractivity contribution in [2.24, 2.45) is 5.92 Å². The van der Waals surface area contributed by atoms with Crippen LogP contribution in [0.4, 0.5) is 0 Å². The second-order valence-corrected chi connectivity index (χ2v) is 30.2. The maximum absolute atomic E-state index is 13.1. The average Bonchev–Trinajstić information content (AvgIpc) is 1.08. The molecule has 3 N–H and O–H groups in total. The zero-order chi connectivity index (χ0) is 70.5. The smallest absolute Gasteiger partial charge is 0.462 e. The largest absolute Gasteiger partial charge is 0.472 e. The summed E-state index contributed by atoms with van der Waals surface area (Å²) in [5.74, 6) is -1.37. The minimum absolute atomic E-state index is 0.102. The van der Waals surface area contributed by atoms with Crippen molar-refractivity contribution in [3.8, 4) is 0 Å². The number of phosphoric acid groups is 2. The molecule has 0 heterocycles.